The van der Waals surface area contributed by atoms with Crippen LogP contribution in [0.25, 0.3) is 10.9 Å². The Morgan fingerprint density at radius 3 is 2.70 bits per heavy atom. The number of aromatic amines is 2. The standard InChI is InChI=1S/C22H26N4O4/c1-30-13-7-8-16-15(11-13)14-9-10-23-19(18(14)24-16)17-20(27)25-22(29)26(21(17)28)12-5-3-2-4-6-12/h7-8,11-12,19,23-24,28H,2-6,9-10H2,1H3,(H,25,27,29)/t19-/m1/s1. The van der Waals surface area contributed by atoms with Crippen LogP contribution in [0.3, 0.4) is 0 Å². The van der Waals surface area contributed by atoms with Gasteiger partial charge < -0.3 is 20.1 Å². The van der Waals surface area contributed by atoms with Crippen molar-refractivity contribution >= 4 is 10.9 Å². The van der Waals surface area contributed by atoms with Crippen LogP contribution in [-0.4, -0.2) is 33.3 Å². The molecule has 8 nitrogen and oxygen atoms in total. The molecule has 8 heteroatoms. The number of fused-ring (bicyclic) bond motifs is 3. The van der Waals surface area contributed by atoms with Crippen LogP contribution in [0.5, 0.6) is 11.6 Å². The minimum Gasteiger partial charge on any atom is -0.497 e. The maximum Gasteiger partial charge on any atom is 0.331 e. The van der Waals surface area contributed by atoms with Crippen LogP contribution < -0.4 is 21.3 Å². The van der Waals surface area contributed by atoms with E-state index in [1.54, 1.807) is 7.11 Å². The Kier molecular flexibility index (Phi) is 4.66. The smallest absolute Gasteiger partial charge is 0.331 e. The lowest BCUT2D eigenvalue weighted by Crippen LogP contribution is -2.40. The van der Waals surface area contributed by atoms with Crippen molar-refractivity contribution in [2.45, 2.75) is 50.6 Å². The molecular weight excluding hydrogens is 384 g/mol. The quantitative estimate of drug-likeness (QED) is 0.530. The number of aromatic nitrogens is 3. The van der Waals surface area contributed by atoms with Crippen molar-refractivity contribution in [1.82, 2.24) is 19.9 Å². The summed E-state index contributed by atoms with van der Waals surface area (Å²) in [6.45, 7) is 0.656. The predicted octanol–water partition coefficient (Wildman–Crippen LogP) is 2.47. The number of ether oxygens (including phenoxy) is 1. The fraction of sp³-hybridized carbons (Fsp3) is 0.455. The highest BCUT2D eigenvalue weighted by Gasteiger charge is 2.32. The van der Waals surface area contributed by atoms with Gasteiger partial charge in [0.05, 0.1) is 13.2 Å². The minimum atomic E-state index is -0.550. The number of rotatable bonds is 3. The summed E-state index contributed by atoms with van der Waals surface area (Å²) in [4.78, 5) is 31.2. The molecule has 158 valence electrons. The van der Waals surface area contributed by atoms with E-state index in [4.69, 9.17) is 4.74 Å². The number of H-pyrrole nitrogens is 2. The van der Waals surface area contributed by atoms with Crippen LogP contribution in [0.15, 0.2) is 27.8 Å². The molecule has 3 heterocycles. The third-order valence-corrected chi connectivity index (χ3v) is 6.54. The fourth-order valence-corrected chi connectivity index (χ4v) is 5.07. The van der Waals surface area contributed by atoms with E-state index in [9.17, 15) is 14.7 Å². The zero-order valence-corrected chi connectivity index (χ0v) is 17.0. The van der Waals surface area contributed by atoms with E-state index >= 15 is 0 Å². The summed E-state index contributed by atoms with van der Waals surface area (Å²) in [5, 5.41) is 15.5. The van der Waals surface area contributed by atoms with Crippen molar-refractivity contribution in [3.63, 3.8) is 0 Å². The monoisotopic (exact) mass is 410 g/mol. The Hall–Kier alpha value is -3.00. The first-order valence-corrected chi connectivity index (χ1v) is 10.6. The van der Waals surface area contributed by atoms with Crippen LogP contribution in [0, 0.1) is 0 Å². The largest absolute Gasteiger partial charge is 0.497 e. The first-order valence-electron chi connectivity index (χ1n) is 10.6. The van der Waals surface area contributed by atoms with Crippen LogP contribution in [0.4, 0.5) is 0 Å². The molecule has 1 fully saturated rings. The topological polar surface area (TPSA) is 112 Å². The second kappa shape index (κ2) is 7.36. The van der Waals surface area contributed by atoms with Crippen molar-refractivity contribution in [1.29, 1.82) is 0 Å². The summed E-state index contributed by atoms with van der Waals surface area (Å²) in [5.74, 6) is 0.545. The lowest BCUT2D eigenvalue weighted by molar-refractivity contribution is 0.293. The number of benzene rings is 1. The zero-order chi connectivity index (χ0) is 20.8. The van der Waals surface area contributed by atoms with Gasteiger partial charge >= 0.3 is 5.69 Å². The van der Waals surface area contributed by atoms with Crippen LogP contribution in [0.2, 0.25) is 0 Å². The Balaban J connectivity index is 1.67. The maximum absolute atomic E-state index is 12.8. The zero-order valence-electron chi connectivity index (χ0n) is 17.0. The van der Waals surface area contributed by atoms with Crippen molar-refractivity contribution in [3.8, 4) is 11.6 Å². The molecule has 0 amide bonds. The van der Waals surface area contributed by atoms with E-state index in [0.29, 0.717) is 6.54 Å². The Morgan fingerprint density at radius 2 is 1.93 bits per heavy atom. The molecule has 0 saturated heterocycles. The molecule has 1 atom stereocenters. The van der Waals surface area contributed by atoms with Gasteiger partial charge in [-0.2, -0.15) is 0 Å². The molecule has 5 rings (SSSR count). The Labute approximate surface area is 172 Å². The summed E-state index contributed by atoms with van der Waals surface area (Å²) in [6.07, 6.45) is 5.61. The lowest BCUT2D eigenvalue weighted by atomic mass is 9.93. The highest BCUT2D eigenvalue weighted by molar-refractivity contribution is 5.86. The molecule has 2 aliphatic rings. The third-order valence-electron chi connectivity index (χ3n) is 6.54. The first kappa shape index (κ1) is 19.0. The SMILES string of the molecule is COc1ccc2[nH]c3c(c2c1)CCN[C@@H]3c1c(O)n(C2CCCCC2)c(=O)[nH]c1=O. The summed E-state index contributed by atoms with van der Waals surface area (Å²) < 4.78 is 6.75. The number of nitrogens with zero attached hydrogens (tertiary/aromatic N) is 1. The molecule has 30 heavy (non-hydrogen) atoms. The van der Waals surface area contributed by atoms with Gasteiger partial charge in [0.2, 0.25) is 5.88 Å². The van der Waals surface area contributed by atoms with Gasteiger partial charge in [0.25, 0.3) is 5.56 Å². The molecule has 1 aliphatic heterocycles. The summed E-state index contributed by atoms with van der Waals surface area (Å²) in [7, 11) is 1.64. The number of methoxy groups -OCH3 is 1. The van der Waals surface area contributed by atoms with Gasteiger partial charge in [0.15, 0.2) is 0 Å². The van der Waals surface area contributed by atoms with Gasteiger partial charge in [-0.3, -0.25) is 14.3 Å². The molecule has 1 aliphatic carbocycles. The molecular formula is C22H26N4O4. The number of hydrogen-bond acceptors (Lipinski definition) is 5. The van der Waals surface area contributed by atoms with E-state index in [1.165, 1.54) is 4.57 Å². The van der Waals surface area contributed by atoms with E-state index in [2.05, 4.69) is 15.3 Å². The second-order valence-corrected chi connectivity index (χ2v) is 8.22. The predicted molar refractivity (Wildman–Crippen MR) is 114 cm³/mol. The summed E-state index contributed by atoms with van der Waals surface area (Å²) >= 11 is 0. The average Bonchev–Trinajstić information content (AvgIpc) is 3.13. The molecule has 0 bridgehead atoms. The van der Waals surface area contributed by atoms with Gasteiger partial charge in [-0.05, 0) is 43.0 Å². The molecule has 0 spiro atoms. The normalized spacial score (nSPS) is 19.7. The van der Waals surface area contributed by atoms with Crippen LogP contribution in [0.1, 0.15) is 61.0 Å². The van der Waals surface area contributed by atoms with Crippen molar-refractivity contribution in [2.75, 3.05) is 13.7 Å². The highest BCUT2D eigenvalue weighted by Crippen LogP contribution is 2.37. The second-order valence-electron chi connectivity index (χ2n) is 8.22. The molecule has 2 aromatic heterocycles. The fourth-order valence-electron chi connectivity index (χ4n) is 5.07. The Morgan fingerprint density at radius 1 is 1.13 bits per heavy atom. The van der Waals surface area contributed by atoms with E-state index in [0.717, 1.165) is 66.4 Å². The molecule has 3 aromatic rings. The molecule has 4 N–H and O–H groups in total. The van der Waals surface area contributed by atoms with E-state index in [-0.39, 0.29) is 17.5 Å². The van der Waals surface area contributed by atoms with E-state index in [1.807, 2.05) is 18.2 Å². The van der Waals surface area contributed by atoms with E-state index < -0.39 is 17.3 Å². The Bertz CT molecular complexity index is 1220. The van der Waals surface area contributed by atoms with Gasteiger partial charge in [-0.25, -0.2) is 4.79 Å². The number of nitrogens with one attached hydrogen (secondary N) is 3. The van der Waals surface area contributed by atoms with Crippen molar-refractivity contribution < 1.29 is 9.84 Å². The first-order chi connectivity index (χ1) is 14.6. The van der Waals surface area contributed by atoms with Crippen LogP contribution >= 0.6 is 0 Å². The third kappa shape index (κ3) is 2.94. The van der Waals surface area contributed by atoms with Gasteiger partial charge in [0, 0.05) is 29.2 Å². The molecule has 0 radical (unpaired) electrons. The van der Waals surface area contributed by atoms with Gasteiger partial charge in [0.1, 0.15) is 11.3 Å². The van der Waals surface area contributed by atoms with Crippen molar-refractivity contribution in [3.05, 3.63) is 55.9 Å². The number of aromatic hydroxyl groups is 1. The molecule has 1 aromatic carbocycles. The summed E-state index contributed by atoms with van der Waals surface area (Å²) in [6, 6.07) is 5.22. The number of hydrogen-bond donors (Lipinski definition) is 4. The highest BCUT2D eigenvalue weighted by atomic mass is 16.5. The van der Waals surface area contributed by atoms with Gasteiger partial charge in [-0.15, -0.1) is 0 Å². The minimum absolute atomic E-state index is 0.0862. The molecule has 0 unspecified atom stereocenters. The van der Waals surface area contributed by atoms with Crippen LogP contribution in [-0.2, 0) is 6.42 Å². The summed E-state index contributed by atoms with van der Waals surface area (Å²) in [5.41, 5.74) is 2.00. The lowest BCUT2D eigenvalue weighted by Gasteiger charge is -2.28. The average molecular weight is 410 g/mol. The molecule has 1 saturated carbocycles. The maximum atomic E-state index is 12.8. The van der Waals surface area contributed by atoms with Gasteiger partial charge in [-0.1, -0.05) is 19.3 Å². The van der Waals surface area contributed by atoms with Crippen molar-refractivity contribution in [2.24, 2.45) is 0 Å².